The van der Waals surface area contributed by atoms with Gasteiger partial charge < -0.3 is 14.6 Å². The molecule has 0 amide bonds. The van der Waals surface area contributed by atoms with Crippen LogP contribution in [-0.2, 0) is 19.7 Å². The normalized spacial score (nSPS) is 11.5. The highest BCUT2D eigenvalue weighted by Gasteiger charge is 2.19. The van der Waals surface area contributed by atoms with Crippen LogP contribution in [0.1, 0.15) is 15.9 Å². The van der Waals surface area contributed by atoms with Crippen LogP contribution >= 0.6 is 11.6 Å². The van der Waals surface area contributed by atoms with E-state index in [4.69, 9.17) is 21.1 Å². The number of aromatic hydroxyl groups is 1. The third-order valence-electron chi connectivity index (χ3n) is 7.24. The van der Waals surface area contributed by atoms with E-state index in [0.29, 0.717) is 39.1 Å². The lowest BCUT2D eigenvalue weighted by atomic mass is 10.0. The number of carbonyl (C=O) groups is 1. The zero-order valence-corrected chi connectivity index (χ0v) is 27.2. The van der Waals surface area contributed by atoms with Crippen LogP contribution < -0.4 is 9.47 Å². The van der Waals surface area contributed by atoms with E-state index in [9.17, 15) is 26.7 Å². The van der Waals surface area contributed by atoms with E-state index in [-0.39, 0.29) is 31.1 Å². The molecule has 6 aromatic rings. The number of hydrogen-bond acceptors (Lipinski definition) is 8. The summed E-state index contributed by atoms with van der Waals surface area (Å²) in [6.07, 6.45) is 0. The van der Waals surface area contributed by atoms with Crippen molar-refractivity contribution in [2.24, 2.45) is 0 Å². The number of ketones is 1. The van der Waals surface area contributed by atoms with E-state index in [2.05, 4.69) is 0 Å². The number of rotatable bonds is 10. The van der Waals surface area contributed by atoms with Crippen LogP contribution in [-0.4, -0.2) is 27.7 Å². The van der Waals surface area contributed by atoms with Crippen molar-refractivity contribution in [3.63, 3.8) is 0 Å². The Morgan fingerprint density at radius 1 is 0.438 bits per heavy atom. The summed E-state index contributed by atoms with van der Waals surface area (Å²) in [7, 11) is -7.64. The Labute approximate surface area is 282 Å². The minimum Gasteiger partial charge on any atom is -0.508 e. The van der Waals surface area contributed by atoms with Crippen LogP contribution in [0.5, 0.6) is 28.7 Å². The first-order valence-corrected chi connectivity index (χ1v) is 17.7. The average Bonchev–Trinajstić information content (AvgIpc) is 3.10. The molecule has 0 saturated heterocycles. The number of benzene rings is 6. The predicted octanol–water partition coefficient (Wildman–Crippen LogP) is 8.53. The second-order valence-electron chi connectivity index (χ2n) is 10.5. The molecule has 0 saturated carbocycles. The Balaban J connectivity index is 1.08. The molecular weight excluding hydrogens is 672 g/mol. The van der Waals surface area contributed by atoms with Gasteiger partial charge in [0.25, 0.3) is 0 Å². The second kappa shape index (κ2) is 13.4. The van der Waals surface area contributed by atoms with Crippen molar-refractivity contribution in [1.29, 1.82) is 0 Å². The van der Waals surface area contributed by atoms with E-state index >= 15 is 0 Å². The second-order valence-corrected chi connectivity index (χ2v) is 14.8. The van der Waals surface area contributed by atoms with E-state index in [0.717, 1.165) is 0 Å². The molecule has 48 heavy (non-hydrogen) atoms. The molecule has 11 heteroatoms. The van der Waals surface area contributed by atoms with E-state index in [1.54, 1.807) is 60.7 Å². The van der Waals surface area contributed by atoms with E-state index in [1.807, 2.05) is 0 Å². The Morgan fingerprint density at radius 3 is 1.04 bits per heavy atom. The molecule has 0 aliphatic carbocycles. The van der Waals surface area contributed by atoms with E-state index in [1.165, 1.54) is 84.9 Å². The van der Waals surface area contributed by atoms with Crippen molar-refractivity contribution in [1.82, 2.24) is 0 Å². The molecule has 0 spiro atoms. The first-order chi connectivity index (χ1) is 23.0. The molecule has 0 aliphatic heterocycles. The van der Waals surface area contributed by atoms with Gasteiger partial charge in [0.05, 0.1) is 19.6 Å². The van der Waals surface area contributed by atoms with Crippen LogP contribution in [0.25, 0.3) is 0 Å². The number of phenols is 1. The van der Waals surface area contributed by atoms with Gasteiger partial charge in [-0.15, -0.1) is 0 Å². The Bertz CT molecular complexity index is 2290. The van der Waals surface area contributed by atoms with Crippen molar-refractivity contribution in [2.75, 3.05) is 0 Å². The van der Waals surface area contributed by atoms with Crippen molar-refractivity contribution >= 4 is 37.1 Å². The van der Waals surface area contributed by atoms with Gasteiger partial charge in [-0.1, -0.05) is 11.6 Å². The molecule has 0 heterocycles. The Kier molecular flexibility index (Phi) is 9.05. The van der Waals surface area contributed by atoms with Gasteiger partial charge >= 0.3 is 0 Å². The Hall–Kier alpha value is -5.42. The summed E-state index contributed by atoms with van der Waals surface area (Å²) >= 11 is 5.90. The molecular formula is C37H25ClO8S2. The van der Waals surface area contributed by atoms with Crippen molar-refractivity contribution < 1.29 is 36.2 Å². The maximum atomic E-state index is 13.3. The standard InChI is InChI=1S/C37H25ClO8S2/c38-27-5-1-25(2-6-27)37(40)26-3-9-29(10-4-26)45-30-11-21-35(22-12-30)48(43,44)36-23-15-32(16-24-36)46-31-13-19-34(20-14-31)47(41,42)33-17-7-28(39)8-18-33/h1-24,39H. The molecule has 0 unspecified atom stereocenters. The van der Waals surface area contributed by atoms with E-state index < -0.39 is 19.7 Å². The quantitative estimate of drug-likeness (QED) is 0.141. The van der Waals surface area contributed by atoms with Gasteiger partial charge in [-0.2, -0.15) is 0 Å². The van der Waals surface area contributed by atoms with Gasteiger partial charge in [0.1, 0.15) is 28.7 Å². The van der Waals surface area contributed by atoms with Gasteiger partial charge in [-0.05, 0) is 146 Å². The van der Waals surface area contributed by atoms with Gasteiger partial charge in [-0.3, -0.25) is 4.79 Å². The molecule has 0 aliphatic rings. The number of carbonyl (C=O) groups excluding carboxylic acids is 1. The highest BCUT2D eigenvalue weighted by Crippen LogP contribution is 2.30. The fourth-order valence-corrected chi connectivity index (χ4v) is 7.32. The molecule has 1 N–H and O–H groups in total. The van der Waals surface area contributed by atoms with Crippen LogP contribution in [0.4, 0.5) is 0 Å². The van der Waals surface area contributed by atoms with Crippen LogP contribution in [0.3, 0.4) is 0 Å². The zero-order valence-electron chi connectivity index (χ0n) is 24.9. The minimum atomic E-state index is -3.85. The molecule has 0 bridgehead atoms. The van der Waals surface area contributed by atoms with Crippen molar-refractivity contribution in [3.8, 4) is 28.7 Å². The topological polar surface area (TPSA) is 124 Å². The van der Waals surface area contributed by atoms with Crippen LogP contribution in [0, 0.1) is 0 Å². The third kappa shape index (κ3) is 7.11. The van der Waals surface area contributed by atoms with Crippen LogP contribution in [0.15, 0.2) is 165 Å². The summed E-state index contributed by atoms with van der Waals surface area (Å²) in [6, 6.07) is 36.1. The van der Waals surface area contributed by atoms with Crippen molar-refractivity contribution in [3.05, 3.63) is 162 Å². The molecule has 0 fully saturated rings. The zero-order chi connectivity index (χ0) is 33.9. The van der Waals surface area contributed by atoms with Gasteiger partial charge in [0.15, 0.2) is 5.78 Å². The highest BCUT2D eigenvalue weighted by molar-refractivity contribution is 7.91. The maximum Gasteiger partial charge on any atom is 0.206 e. The highest BCUT2D eigenvalue weighted by atomic mass is 35.5. The molecule has 8 nitrogen and oxygen atoms in total. The monoisotopic (exact) mass is 696 g/mol. The lowest BCUT2D eigenvalue weighted by molar-refractivity contribution is 0.103. The number of sulfone groups is 2. The van der Waals surface area contributed by atoms with Gasteiger partial charge in [-0.25, -0.2) is 16.8 Å². The summed E-state index contributed by atoms with van der Waals surface area (Å²) < 4.78 is 63.9. The third-order valence-corrected chi connectivity index (χ3v) is 11.1. The lowest BCUT2D eigenvalue weighted by Gasteiger charge is -2.10. The molecule has 0 aromatic heterocycles. The summed E-state index contributed by atoms with van der Waals surface area (Å²) in [4.78, 5) is 12.9. The molecule has 6 rings (SSSR count). The molecule has 0 atom stereocenters. The Morgan fingerprint density at radius 2 is 0.708 bits per heavy atom. The summed E-state index contributed by atoms with van der Waals surface area (Å²) in [6.45, 7) is 0. The summed E-state index contributed by atoms with van der Waals surface area (Å²) in [5, 5.41) is 9.98. The number of ether oxygens (including phenoxy) is 2. The number of phenolic OH excluding ortho intramolecular Hbond substituents is 1. The smallest absolute Gasteiger partial charge is 0.206 e. The maximum absolute atomic E-state index is 13.3. The van der Waals surface area contributed by atoms with Gasteiger partial charge in [0, 0.05) is 16.1 Å². The van der Waals surface area contributed by atoms with Crippen molar-refractivity contribution in [2.45, 2.75) is 19.6 Å². The predicted molar refractivity (Wildman–Crippen MR) is 180 cm³/mol. The average molecular weight is 697 g/mol. The summed E-state index contributed by atoms with van der Waals surface area (Å²) in [5.74, 6) is 1.41. The summed E-state index contributed by atoms with van der Waals surface area (Å²) in [5.41, 5.74) is 0.998. The largest absolute Gasteiger partial charge is 0.508 e. The SMILES string of the molecule is O=C(c1ccc(Cl)cc1)c1ccc(Oc2ccc(S(=O)(=O)c3ccc(Oc4ccc(S(=O)(=O)c5ccc(O)cc5)cc4)cc3)cc2)cc1. The molecule has 6 aromatic carbocycles. The molecule has 240 valence electrons. The van der Waals surface area contributed by atoms with Gasteiger partial charge in [0.2, 0.25) is 19.7 Å². The lowest BCUT2D eigenvalue weighted by Crippen LogP contribution is -2.02. The van der Waals surface area contributed by atoms with Crippen LogP contribution in [0.2, 0.25) is 5.02 Å². The first kappa shape index (κ1) is 32.5. The fraction of sp³-hybridized carbons (Fsp3) is 0. The molecule has 0 radical (unpaired) electrons. The first-order valence-electron chi connectivity index (χ1n) is 14.3. The minimum absolute atomic E-state index is 0.0369. The number of halogens is 1. The fourth-order valence-electron chi connectivity index (χ4n) is 4.67. The number of hydrogen-bond donors (Lipinski definition) is 1.